The van der Waals surface area contributed by atoms with E-state index in [-0.39, 0.29) is 5.82 Å². The summed E-state index contributed by atoms with van der Waals surface area (Å²) in [5, 5.41) is 3.35. The number of nitrogens with one attached hydrogen (secondary N) is 1. The molecule has 1 aromatic rings. The molecule has 0 aliphatic carbocycles. The number of piperidine rings is 1. The molecule has 0 radical (unpaired) electrons. The Kier molecular flexibility index (Phi) is 3.50. The van der Waals surface area contributed by atoms with Crippen molar-refractivity contribution >= 4 is 0 Å². The van der Waals surface area contributed by atoms with Gasteiger partial charge in [0.25, 0.3) is 0 Å². The zero-order chi connectivity index (χ0) is 12.4. The second kappa shape index (κ2) is 5.27. The Morgan fingerprint density at radius 3 is 2.94 bits per heavy atom. The van der Waals surface area contributed by atoms with E-state index in [2.05, 4.69) is 5.32 Å². The molecule has 0 unspecified atom stereocenters. The Hall–Kier alpha value is -1.09. The lowest BCUT2D eigenvalue weighted by Crippen LogP contribution is -2.29. The van der Waals surface area contributed by atoms with Crippen LogP contribution in [0.2, 0.25) is 0 Å². The Morgan fingerprint density at radius 1 is 1.28 bits per heavy atom. The zero-order valence-electron chi connectivity index (χ0n) is 10.7. The number of halogens is 1. The second-order valence-electron chi connectivity index (χ2n) is 5.36. The maximum Gasteiger partial charge on any atom is 0.130 e. The summed E-state index contributed by atoms with van der Waals surface area (Å²) in [5.74, 6) is 1.35. The largest absolute Gasteiger partial charge is 0.493 e. The molecule has 2 aliphatic rings. The average Bonchev–Trinajstić information content (AvgIpc) is 2.43. The molecule has 1 saturated heterocycles. The van der Waals surface area contributed by atoms with Gasteiger partial charge in [0, 0.05) is 5.56 Å². The van der Waals surface area contributed by atoms with Gasteiger partial charge in [-0.05, 0) is 62.7 Å². The molecule has 0 bridgehead atoms. The van der Waals surface area contributed by atoms with Crippen molar-refractivity contribution < 1.29 is 9.13 Å². The first-order chi connectivity index (χ1) is 8.84. The van der Waals surface area contributed by atoms with Crippen LogP contribution >= 0.6 is 0 Å². The Bertz CT molecular complexity index is 427. The van der Waals surface area contributed by atoms with E-state index in [4.69, 9.17) is 4.74 Å². The van der Waals surface area contributed by atoms with E-state index in [9.17, 15) is 4.39 Å². The predicted molar refractivity (Wildman–Crippen MR) is 69.5 cm³/mol. The maximum absolute atomic E-state index is 14.0. The third kappa shape index (κ3) is 2.37. The van der Waals surface area contributed by atoms with Crippen molar-refractivity contribution in [2.45, 2.75) is 32.1 Å². The van der Waals surface area contributed by atoms with Crippen molar-refractivity contribution in [2.24, 2.45) is 5.92 Å². The third-order valence-electron chi connectivity index (χ3n) is 4.07. The fourth-order valence-electron chi connectivity index (χ4n) is 3.03. The van der Waals surface area contributed by atoms with Crippen LogP contribution in [0.25, 0.3) is 0 Å². The molecule has 2 aliphatic heterocycles. The number of aryl methyl sites for hydroxylation is 1. The lowest BCUT2D eigenvalue weighted by molar-refractivity contribution is 0.278. The van der Waals surface area contributed by atoms with Crippen LogP contribution < -0.4 is 10.1 Å². The van der Waals surface area contributed by atoms with E-state index >= 15 is 0 Å². The number of fused-ring (bicyclic) bond motifs is 1. The van der Waals surface area contributed by atoms with Crippen LogP contribution in [-0.4, -0.2) is 19.7 Å². The van der Waals surface area contributed by atoms with E-state index in [1.54, 1.807) is 6.07 Å². The zero-order valence-corrected chi connectivity index (χ0v) is 10.7. The Labute approximate surface area is 108 Å². The van der Waals surface area contributed by atoms with Crippen LogP contribution in [-0.2, 0) is 12.8 Å². The lowest BCUT2D eigenvalue weighted by Gasteiger charge is -2.26. The molecule has 3 heteroatoms. The van der Waals surface area contributed by atoms with Gasteiger partial charge < -0.3 is 10.1 Å². The first-order valence-electron chi connectivity index (χ1n) is 6.98. The van der Waals surface area contributed by atoms with Gasteiger partial charge in [-0.25, -0.2) is 4.39 Å². The summed E-state index contributed by atoms with van der Waals surface area (Å²) < 4.78 is 19.8. The molecule has 0 saturated carbocycles. The number of hydrogen-bond donors (Lipinski definition) is 1. The molecular weight excluding hydrogens is 229 g/mol. The molecule has 1 aromatic carbocycles. The van der Waals surface area contributed by atoms with Gasteiger partial charge in [0.1, 0.15) is 11.6 Å². The molecule has 98 valence electrons. The SMILES string of the molecule is Fc1ccc2c(c1CC1CCNCC1)OCCC2. The highest BCUT2D eigenvalue weighted by atomic mass is 19.1. The van der Waals surface area contributed by atoms with Crippen LogP contribution in [0.3, 0.4) is 0 Å². The summed E-state index contributed by atoms with van der Waals surface area (Å²) in [7, 11) is 0. The van der Waals surface area contributed by atoms with Gasteiger partial charge in [0.15, 0.2) is 0 Å². The first kappa shape index (κ1) is 12.0. The number of hydrogen-bond acceptors (Lipinski definition) is 2. The average molecular weight is 249 g/mol. The van der Waals surface area contributed by atoms with E-state index in [0.717, 1.165) is 63.1 Å². The Morgan fingerprint density at radius 2 is 2.11 bits per heavy atom. The first-order valence-corrected chi connectivity index (χ1v) is 6.98. The maximum atomic E-state index is 14.0. The summed E-state index contributed by atoms with van der Waals surface area (Å²) in [6, 6.07) is 3.50. The highest BCUT2D eigenvalue weighted by Crippen LogP contribution is 2.33. The van der Waals surface area contributed by atoms with Gasteiger partial charge in [0.2, 0.25) is 0 Å². The van der Waals surface area contributed by atoms with Crippen molar-refractivity contribution in [3.8, 4) is 5.75 Å². The van der Waals surface area contributed by atoms with Crippen molar-refractivity contribution in [3.05, 3.63) is 29.1 Å². The predicted octanol–water partition coefficient (Wildman–Crippen LogP) is 2.69. The molecule has 0 spiro atoms. The number of rotatable bonds is 2. The second-order valence-corrected chi connectivity index (χ2v) is 5.36. The minimum absolute atomic E-state index is 0.0887. The lowest BCUT2D eigenvalue weighted by atomic mass is 9.89. The standard InChI is InChI=1S/C15H20FNO/c16-14-4-3-12-2-1-9-18-15(12)13(14)10-11-5-7-17-8-6-11/h3-4,11,17H,1-2,5-10H2. The van der Waals surface area contributed by atoms with Gasteiger partial charge in [-0.1, -0.05) is 6.07 Å². The smallest absolute Gasteiger partial charge is 0.130 e. The number of benzene rings is 1. The summed E-state index contributed by atoms with van der Waals surface area (Å²) in [6.45, 7) is 2.85. The molecule has 1 N–H and O–H groups in total. The molecule has 0 atom stereocenters. The summed E-state index contributed by atoms with van der Waals surface area (Å²) >= 11 is 0. The monoisotopic (exact) mass is 249 g/mol. The molecule has 2 nitrogen and oxygen atoms in total. The van der Waals surface area contributed by atoms with E-state index in [1.807, 2.05) is 6.07 Å². The summed E-state index contributed by atoms with van der Waals surface area (Å²) in [5.41, 5.74) is 2.01. The van der Waals surface area contributed by atoms with E-state index in [0.29, 0.717) is 5.92 Å². The molecule has 0 amide bonds. The molecule has 3 rings (SSSR count). The highest BCUT2D eigenvalue weighted by Gasteiger charge is 2.22. The van der Waals surface area contributed by atoms with Crippen LogP contribution in [0, 0.1) is 11.7 Å². The van der Waals surface area contributed by atoms with Gasteiger partial charge in [0.05, 0.1) is 6.61 Å². The highest BCUT2D eigenvalue weighted by molar-refractivity contribution is 5.44. The van der Waals surface area contributed by atoms with Gasteiger partial charge >= 0.3 is 0 Å². The minimum atomic E-state index is -0.0887. The molecular formula is C15H20FNO. The fourth-order valence-corrected chi connectivity index (χ4v) is 3.03. The van der Waals surface area contributed by atoms with Crippen LogP contribution in [0.15, 0.2) is 12.1 Å². The summed E-state index contributed by atoms with van der Waals surface area (Å²) in [6.07, 6.45) is 5.18. The van der Waals surface area contributed by atoms with Gasteiger partial charge in [-0.3, -0.25) is 0 Å². The third-order valence-corrected chi connectivity index (χ3v) is 4.07. The topological polar surface area (TPSA) is 21.3 Å². The van der Waals surface area contributed by atoms with E-state index < -0.39 is 0 Å². The summed E-state index contributed by atoms with van der Waals surface area (Å²) in [4.78, 5) is 0. The minimum Gasteiger partial charge on any atom is -0.493 e. The van der Waals surface area contributed by atoms with Gasteiger partial charge in [-0.15, -0.1) is 0 Å². The van der Waals surface area contributed by atoms with Crippen molar-refractivity contribution in [3.63, 3.8) is 0 Å². The molecule has 18 heavy (non-hydrogen) atoms. The fraction of sp³-hybridized carbons (Fsp3) is 0.600. The molecule has 0 aromatic heterocycles. The van der Waals surface area contributed by atoms with Crippen molar-refractivity contribution in [2.75, 3.05) is 19.7 Å². The normalized spacial score (nSPS) is 20.3. The van der Waals surface area contributed by atoms with Crippen LogP contribution in [0.4, 0.5) is 4.39 Å². The Balaban J connectivity index is 1.85. The molecule has 1 fully saturated rings. The quantitative estimate of drug-likeness (QED) is 0.870. The van der Waals surface area contributed by atoms with E-state index in [1.165, 1.54) is 5.56 Å². The van der Waals surface area contributed by atoms with Crippen LogP contribution in [0.5, 0.6) is 5.75 Å². The van der Waals surface area contributed by atoms with Crippen molar-refractivity contribution in [1.29, 1.82) is 0 Å². The molecule has 2 heterocycles. The van der Waals surface area contributed by atoms with Crippen LogP contribution in [0.1, 0.15) is 30.4 Å². The van der Waals surface area contributed by atoms with Crippen molar-refractivity contribution in [1.82, 2.24) is 5.32 Å². The number of ether oxygens (including phenoxy) is 1. The van der Waals surface area contributed by atoms with Gasteiger partial charge in [-0.2, -0.15) is 0 Å².